The van der Waals surface area contributed by atoms with E-state index in [0.29, 0.717) is 12.5 Å². The van der Waals surface area contributed by atoms with Gasteiger partial charge >= 0.3 is 5.97 Å². The first-order chi connectivity index (χ1) is 9.22. The molecule has 1 aromatic rings. The number of carbonyl (C=O) groups excluding carboxylic acids is 1. The minimum absolute atomic E-state index is 0. The summed E-state index contributed by atoms with van der Waals surface area (Å²) >= 11 is 0. The molecule has 3 atom stereocenters. The van der Waals surface area contributed by atoms with Crippen molar-refractivity contribution >= 4 is 23.0 Å². The number of benzene rings is 1. The number of halogens is 1. The summed E-state index contributed by atoms with van der Waals surface area (Å²) in [4.78, 5) is 12.0. The zero-order chi connectivity index (χ0) is 13.3. The van der Waals surface area contributed by atoms with E-state index in [1.807, 2.05) is 6.92 Å². The number of hydrogen-bond acceptors (Lipinski definition) is 2. The lowest BCUT2D eigenvalue weighted by atomic mass is 9.92. The van der Waals surface area contributed by atoms with Crippen LogP contribution in [-0.2, 0) is 16.1 Å². The largest absolute Gasteiger partial charge is 0.466 e. The molecule has 0 saturated carbocycles. The second-order valence-corrected chi connectivity index (χ2v) is 5.98. The van der Waals surface area contributed by atoms with Gasteiger partial charge in [-0.05, 0) is 6.92 Å². The second-order valence-electron chi connectivity index (χ2n) is 5.98. The average Bonchev–Trinajstić information content (AvgIpc) is 2.97. The molecule has 2 fully saturated rings. The van der Waals surface area contributed by atoms with Gasteiger partial charge in [0.15, 0.2) is 0 Å². The smallest absolute Gasteiger partial charge is 0.315 e. The Morgan fingerprint density at radius 1 is 1.30 bits per heavy atom. The SMILES string of the molecule is Br.CCOC(=O)C1C[N+]2(Cc3ccccc3)CCC1C2. The fraction of sp³-hybridized carbons (Fsp3) is 0.562. The lowest BCUT2D eigenvalue weighted by Gasteiger charge is -2.33. The lowest BCUT2D eigenvalue weighted by molar-refractivity contribution is -0.923. The highest BCUT2D eigenvalue weighted by atomic mass is 79.9. The van der Waals surface area contributed by atoms with Crippen molar-refractivity contribution in [2.75, 3.05) is 26.2 Å². The third-order valence-corrected chi connectivity index (χ3v) is 4.70. The molecular weight excluding hydrogens is 318 g/mol. The molecule has 2 heterocycles. The summed E-state index contributed by atoms with van der Waals surface area (Å²) in [5, 5.41) is 0. The molecule has 4 heteroatoms. The Balaban J connectivity index is 0.00000147. The van der Waals surface area contributed by atoms with Gasteiger partial charge in [0.05, 0.1) is 26.2 Å². The number of fused-ring (bicyclic) bond motifs is 2. The van der Waals surface area contributed by atoms with Crippen molar-refractivity contribution in [3.05, 3.63) is 35.9 Å². The van der Waals surface area contributed by atoms with Gasteiger partial charge in [0.25, 0.3) is 0 Å². The van der Waals surface area contributed by atoms with E-state index in [2.05, 4.69) is 30.3 Å². The van der Waals surface area contributed by atoms with Crippen LogP contribution in [0.1, 0.15) is 18.9 Å². The highest BCUT2D eigenvalue weighted by Crippen LogP contribution is 2.41. The Kier molecular flexibility index (Phi) is 4.86. The van der Waals surface area contributed by atoms with E-state index >= 15 is 0 Å². The third-order valence-electron chi connectivity index (χ3n) is 4.70. The van der Waals surface area contributed by atoms with Gasteiger partial charge < -0.3 is 9.22 Å². The highest BCUT2D eigenvalue weighted by Gasteiger charge is 2.54. The molecule has 0 amide bonds. The van der Waals surface area contributed by atoms with Gasteiger partial charge in [-0.2, -0.15) is 0 Å². The molecule has 3 nitrogen and oxygen atoms in total. The van der Waals surface area contributed by atoms with Crippen LogP contribution in [0.5, 0.6) is 0 Å². The van der Waals surface area contributed by atoms with Crippen LogP contribution in [0.25, 0.3) is 0 Å². The van der Waals surface area contributed by atoms with E-state index < -0.39 is 0 Å². The molecule has 2 aliphatic rings. The van der Waals surface area contributed by atoms with Gasteiger partial charge in [0.2, 0.25) is 0 Å². The van der Waals surface area contributed by atoms with Crippen LogP contribution in [0.15, 0.2) is 30.3 Å². The maximum atomic E-state index is 12.0. The predicted molar refractivity (Wildman–Crippen MR) is 83.6 cm³/mol. The van der Waals surface area contributed by atoms with E-state index in [1.54, 1.807) is 0 Å². The molecule has 0 radical (unpaired) electrons. The number of piperidine rings is 1. The first-order valence-corrected chi connectivity index (χ1v) is 7.28. The van der Waals surface area contributed by atoms with Crippen molar-refractivity contribution < 1.29 is 14.0 Å². The molecule has 2 saturated heterocycles. The molecule has 0 spiro atoms. The fourth-order valence-electron chi connectivity index (χ4n) is 3.88. The van der Waals surface area contributed by atoms with E-state index in [0.717, 1.165) is 24.1 Å². The number of carbonyl (C=O) groups is 1. The molecule has 3 rings (SSSR count). The summed E-state index contributed by atoms with van der Waals surface area (Å²) in [6.07, 6.45) is 1.18. The van der Waals surface area contributed by atoms with Gasteiger partial charge in [-0.3, -0.25) is 4.79 Å². The standard InChI is InChI=1S/C16H22NO2.BrH/c1-2-19-16(18)15-12-17(9-8-14(15)11-17)10-13-6-4-3-5-7-13;/h3-7,14-15H,2,8-12H2,1H3;1H/q+1;. The topological polar surface area (TPSA) is 26.3 Å². The van der Waals surface area contributed by atoms with Crippen LogP contribution < -0.4 is 0 Å². The number of hydrogen-bond donors (Lipinski definition) is 0. The normalized spacial score (nSPS) is 30.9. The Labute approximate surface area is 131 Å². The third kappa shape index (κ3) is 2.91. The Morgan fingerprint density at radius 3 is 2.75 bits per heavy atom. The number of quaternary nitrogens is 1. The molecule has 3 unspecified atom stereocenters. The Hall–Kier alpha value is -0.870. The van der Waals surface area contributed by atoms with Crippen LogP contribution in [-0.4, -0.2) is 36.7 Å². The quantitative estimate of drug-likeness (QED) is 0.622. The van der Waals surface area contributed by atoms with Crippen molar-refractivity contribution in [2.45, 2.75) is 19.9 Å². The average molecular weight is 341 g/mol. The molecule has 1 aromatic carbocycles. The molecule has 0 aliphatic carbocycles. The van der Waals surface area contributed by atoms with Crippen molar-refractivity contribution in [2.24, 2.45) is 11.8 Å². The minimum Gasteiger partial charge on any atom is -0.466 e. The van der Waals surface area contributed by atoms with Crippen molar-refractivity contribution in [1.82, 2.24) is 0 Å². The number of nitrogens with zero attached hydrogens (tertiary/aromatic N) is 1. The fourth-order valence-corrected chi connectivity index (χ4v) is 3.88. The monoisotopic (exact) mass is 340 g/mol. The molecular formula is C16H23BrNO2+. The molecule has 2 aliphatic heterocycles. The number of esters is 1. The van der Waals surface area contributed by atoms with Gasteiger partial charge in [0, 0.05) is 17.9 Å². The summed E-state index contributed by atoms with van der Waals surface area (Å²) < 4.78 is 6.31. The summed E-state index contributed by atoms with van der Waals surface area (Å²) in [6.45, 7) is 6.79. The van der Waals surface area contributed by atoms with Crippen LogP contribution in [0.4, 0.5) is 0 Å². The van der Waals surface area contributed by atoms with Crippen LogP contribution in [0.3, 0.4) is 0 Å². The maximum absolute atomic E-state index is 12.0. The molecule has 110 valence electrons. The van der Waals surface area contributed by atoms with Crippen molar-refractivity contribution in [3.63, 3.8) is 0 Å². The highest BCUT2D eigenvalue weighted by molar-refractivity contribution is 8.93. The molecule has 2 bridgehead atoms. The minimum atomic E-state index is 0. The number of ether oxygens (including phenoxy) is 1. The molecule has 0 aromatic heterocycles. The zero-order valence-corrected chi connectivity index (χ0v) is 13.7. The summed E-state index contributed by atoms with van der Waals surface area (Å²) in [6, 6.07) is 10.6. The van der Waals surface area contributed by atoms with Crippen molar-refractivity contribution in [1.29, 1.82) is 0 Å². The zero-order valence-electron chi connectivity index (χ0n) is 12.0. The molecule has 0 N–H and O–H groups in total. The summed E-state index contributed by atoms with van der Waals surface area (Å²) in [5.41, 5.74) is 1.38. The first kappa shape index (κ1) is 15.5. The second kappa shape index (κ2) is 6.27. The number of rotatable bonds is 4. The van der Waals surface area contributed by atoms with Gasteiger partial charge in [-0.15, -0.1) is 17.0 Å². The van der Waals surface area contributed by atoms with Gasteiger partial charge in [0.1, 0.15) is 12.5 Å². The Bertz CT molecular complexity index is 465. The van der Waals surface area contributed by atoms with E-state index in [4.69, 9.17) is 4.74 Å². The Morgan fingerprint density at radius 2 is 2.05 bits per heavy atom. The van der Waals surface area contributed by atoms with E-state index in [1.165, 1.54) is 18.5 Å². The van der Waals surface area contributed by atoms with Crippen LogP contribution in [0.2, 0.25) is 0 Å². The summed E-state index contributed by atoms with van der Waals surface area (Å²) in [7, 11) is 0. The summed E-state index contributed by atoms with van der Waals surface area (Å²) in [5.74, 6) is 0.709. The maximum Gasteiger partial charge on any atom is 0.315 e. The van der Waals surface area contributed by atoms with Crippen LogP contribution >= 0.6 is 17.0 Å². The van der Waals surface area contributed by atoms with Gasteiger partial charge in [-0.25, -0.2) is 0 Å². The molecule has 20 heavy (non-hydrogen) atoms. The lowest BCUT2D eigenvalue weighted by Crippen LogP contribution is -2.45. The van der Waals surface area contributed by atoms with E-state index in [9.17, 15) is 4.79 Å². The van der Waals surface area contributed by atoms with Crippen LogP contribution in [0, 0.1) is 11.8 Å². The predicted octanol–water partition coefficient (Wildman–Crippen LogP) is 2.79. The van der Waals surface area contributed by atoms with E-state index in [-0.39, 0.29) is 28.9 Å². The van der Waals surface area contributed by atoms with Crippen molar-refractivity contribution in [3.8, 4) is 0 Å². The first-order valence-electron chi connectivity index (χ1n) is 7.28. The van der Waals surface area contributed by atoms with Gasteiger partial charge in [-0.1, -0.05) is 30.3 Å².